The highest BCUT2D eigenvalue weighted by Gasteiger charge is 2.24. The van der Waals surface area contributed by atoms with E-state index in [4.69, 9.17) is 9.47 Å². The summed E-state index contributed by atoms with van der Waals surface area (Å²) in [5.74, 6) is 0.783. The largest absolute Gasteiger partial charge is 0.493 e. The molecule has 1 amide bonds. The lowest BCUT2D eigenvalue weighted by atomic mass is 10.1. The fourth-order valence-corrected chi connectivity index (χ4v) is 4.27. The zero-order chi connectivity index (χ0) is 21.8. The predicted molar refractivity (Wildman–Crippen MR) is 118 cm³/mol. The second kappa shape index (κ2) is 9.24. The van der Waals surface area contributed by atoms with E-state index < -0.39 is 10.8 Å². The van der Waals surface area contributed by atoms with Crippen LogP contribution in [0.5, 0.6) is 11.5 Å². The van der Waals surface area contributed by atoms with Crippen molar-refractivity contribution in [3.63, 3.8) is 0 Å². The molecule has 1 aliphatic carbocycles. The molecule has 1 saturated carbocycles. The first-order valence-electron chi connectivity index (χ1n) is 10.7. The summed E-state index contributed by atoms with van der Waals surface area (Å²) < 4.78 is 11.5. The van der Waals surface area contributed by atoms with Crippen molar-refractivity contribution >= 4 is 23.0 Å². The third-order valence-electron chi connectivity index (χ3n) is 5.90. The normalized spacial score (nSPS) is 16.4. The lowest BCUT2D eigenvalue weighted by Crippen LogP contribution is -2.20. The van der Waals surface area contributed by atoms with Crippen molar-refractivity contribution in [3.05, 3.63) is 52.1 Å². The van der Waals surface area contributed by atoms with Crippen LogP contribution < -0.4 is 19.7 Å². The van der Waals surface area contributed by atoms with Crippen molar-refractivity contribution in [2.45, 2.75) is 44.6 Å². The minimum Gasteiger partial charge on any atom is -0.493 e. The van der Waals surface area contributed by atoms with Gasteiger partial charge in [0.05, 0.1) is 18.1 Å². The Morgan fingerprint density at radius 2 is 1.81 bits per heavy atom. The van der Waals surface area contributed by atoms with E-state index in [-0.39, 0.29) is 17.4 Å². The van der Waals surface area contributed by atoms with E-state index in [1.165, 1.54) is 6.07 Å². The minimum atomic E-state index is -0.425. The van der Waals surface area contributed by atoms with Gasteiger partial charge in [0, 0.05) is 36.5 Å². The molecule has 1 aliphatic heterocycles. The van der Waals surface area contributed by atoms with Crippen molar-refractivity contribution in [1.82, 2.24) is 0 Å². The quantitative estimate of drug-likeness (QED) is 0.507. The molecule has 2 aromatic carbocycles. The first kappa shape index (κ1) is 21.0. The van der Waals surface area contributed by atoms with Gasteiger partial charge >= 0.3 is 0 Å². The van der Waals surface area contributed by atoms with Gasteiger partial charge in [0.1, 0.15) is 5.69 Å². The molecule has 1 saturated heterocycles. The Morgan fingerprint density at radius 1 is 1.06 bits per heavy atom. The average molecular weight is 425 g/mol. The highest BCUT2D eigenvalue weighted by molar-refractivity contribution is 6.05. The minimum absolute atomic E-state index is 0.0467. The Kier molecular flexibility index (Phi) is 6.25. The Morgan fingerprint density at radius 3 is 2.48 bits per heavy atom. The number of rotatable bonds is 7. The zero-order valence-corrected chi connectivity index (χ0v) is 17.6. The molecule has 0 atom stereocenters. The van der Waals surface area contributed by atoms with E-state index in [1.807, 2.05) is 4.90 Å². The summed E-state index contributed by atoms with van der Waals surface area (Å²) in [6.45, 7) is 1.59. The summed E-state index contributed by atoms with van der Waals surface area (Å²) in [5, 5.41) is 14.4. The molecule has 1 heterocycles. The van der Waals surface area contributed by atoms with Crippen molar-refractivity contribution < 1.29 is 19.2 Å². The van der Waals surface area contributed by atoms with E-state index in [9.17, 15) is 14.9 Å². The van der Waals surface area contributed by atoms with Gasteiger partial charge in [0.15, 0.2) is 11.5 Å². The summed E-state index contributed by atoms with van der Waals surface area (Å²) in [6, 6.07) is 9.87. The number of benzene rings is 2. The fraction of sp³-hybridized carbons (Fsp3) is 0.435. The maximum absolute atomic E-state index is 12.8. The van der Waals surface area contributed by atoms with Gasteiger partial charge in [-0.3, -0.25) is 14.9 Å². The predicted octanol–water partition coefficient (Wildman–Crippen LogP) is 4.78. The van der Waals surface area contributed by atoms with Gasteiger partial charge in [-0.25, -0.2) is 0 Å². The molecule has 2 aliphatic rings. The van der Waals surface area contributed by atoms with Gasteiger partial charge in [-0.2, -0.15) is 0 Å². The van der Waals surface area contributed by atoms with Gasteiger partial charge < -0.3 is 19.7 Å². The lowest BCUT2D eigenvalue weighted by molar-refractivity contribution is -0.384. The number of anilines is 2. The van der Waals surface area contributed by atoms with Crippen LogP contribution in [-0.2, 0) is 0 Å². The van der Waals surface area contributed by atoms with Crippen LogP contribution >= 0.6 is 0 Å². The Labute approximate surface area is 181 Å². The van der Waals surface area contributed by atoms with E-state index in [0.717, 1.165) is 51.6 Å². The number of nitro benzene ring substituents is 1. The highest BCUT2D eigenvalue weighted by atomic mass is 16.6. The summed E-state index contributed by atoms with van der Waals surface area (Å²) in [6.07, 6.45) is 6.50. The molecule has 2 aromatic rings. The maximum atomic E-state index is 12.8. The molecule has 2 fully saturated rings. The topological polar surface area (TPSA) is 93.9 Å². The smallest absolute Gasteiger partial charge is 0.293 e. The third-order valence-corrected chi connectivity index (χ3v) is 5.90. The van der Waals surface area contributed by atoms with Gasteiger partial charge in [-0.05, 0) is 62.8 Å². The molecule has 0 unspecified atom stereocenters. The Hall–Kier alpha value is -3.29. The van der Waals surface area contributed by atoms with Crippen LogP contribution in [0.3, 0.4) is 0 Å². The number of hydrogen-bond acceptors (Lipinski definition) is 6. The molecule has 31 heavy (non-hydrogen) atoms. The van der Waals surface area contributed by atoms with Crippen molar-refractivity contribution in [1.29, 1.82) is 0 Å². The SMILES string of the molecule is COc1ccc(NC(=O)c2ccc(N3CCCC3)c([N+](=O)[O-])c2)cc1OC1CCCC1. The molecule has 1 N–H and O–H groups in total. The van der Waals surface area contributed by atoms with Gasteiger partial charge in [0.25, 0.3) is 11.6 Å². The van der Waals surface area contributed by atoms with Crippen LogP contribution in [0, 0.1) is 10.1 Å². The third kappa shape index (κ3) is 4.73. The lowest BCUT2D eigenvalue weighted by Gasteiger charge is -2.18. The van der Waals surface area contributed by atoms with Gasteiger partial charge in [-0.1, -0.05) is 0 Å². The maximum Gasteiger partial charge on any atom is 0.293 e. The monoisotopic (exact) mass is 425 g/mol. The number of methoxy groups -OCH3 is 1. The van der Waals surface area contributed by atoms with Crippen LogP contribution in [0.4, 0.5) is 17.1 Å². The number of nitro groups is 1. The Balaban J connectivity index is 1.53. The number of ether oxygens (including phenoxy) is 2. The van der Waals surface area contributed by atoms with Crippen LogP contribution in [0.15, 0.2) is 36.4 Å². The molecule has 0 aromatic heterocycles. The van der Waals surface area contributed by atoms with E-state index in [2.05, 4.69) is 5.32 Å². The summed E-state index contributed by atoms with van der Waals surface area (Å²) in [4.78, 5) is 26.0. The molecule has 0 bridgehead atoms. The van der Waals surface area contributed by atoms with Crippen LogP contribution in [0.2, 0.25) is 0 Å². The second-order valence-corrected chi connectivity index (χ2v) is 8.00. The molecule has 0 radical (unpaired) electrons. The van der Waals surface area contributed by atoms with E-state index in [0.29, 0.717) is 22.9 Å². The number of nitrogens with one attached hydrogen (secondary N) is 1. The molecular weight excluding hydrogens is 398 g/mol. The first-order valence-corrected chi connectivity index (χ1v) is 10.7. The highest BCUT2D eigenvalue weighted by Crippen LogP contribution is 2.35. The fourth-order valence-electron chi connectivity index (χ4n) is 4.27. The summed E-state index contributed by atoms with van der Waals surface area (Å²) >= 11 is 0. The average Bonchev–Trinajstić information content (AvgIpc) is 3.48. The number of nitrogens with zero attached hydrogens (tertiary/aromatic N) is 2. The molecule has 164 valence electrons. The number of hydrogen-bond donors (Lipinski definition) is 1. The standard InChI is InChI=1S/C23H27N3O5/c1-30-21-11-9-17(15-22(21)31-18-6-2-3-7-18)24-23(27)16-8-10-19(20(14-16)26(28)29)25-12-4-5-13-25/h8-11,14-15,18H,2-7,12-13H2,1H3,(H,24,27). The van der Waals surface area contributed by atoms with Crippen molar-refractivity contribution in [2.24, 2.45) is 0 Å². The summed E-state index contributed by atoms with van der Waals surface area (Å²) in [5.41, 5.74) is 1.30. The van der Waals surface area contributed by atoms with Crippen LogP contribution in [0.1, 0.15) is 48.9 Å². The number of carbonyl (C=O) groups excluding carboxylic acids is 1. The Bertz CT molecular complexity index is 966. The summed E-state index contributed by atoms with van der Waals surface area (Å²) in [7, 11) is 1.58. The molecule has 0 spiro atoms. The molecule has 8 heteroatoms. The van der Waals surface area contributed by atoms with Gasteiger partial charge in [0.2, 0.25) is 0 Å². The van der Waals surface area contributed by atoms with E-state index in [1.54, 1.807) is 37.4 Å². The second-order valence-electron chi connectivity index (χ2n) is 8.00. The first-order chi connectivity index (χ1) is 15.0. The number of carbonyl (C=O) groups is 1. The van der Waals surface area contributed by atoms with E-state index >= 15 is 0 Å². The van der Waals surface area contributed by atoms with Crippen LogP contribution in [-0.4, -0.2) is 37.1 Å². The van der Waals surface area contributed by atoms with Crippen molar-refractivity contribution in [3.8, 4) is 11.5 Å². The zero-order valence-electron chi connectivity index (χ0n) is 17.6. The number of amides is 1. The molecule has 8 nitrogen and oxygen atoms in total. The van der Waals surface area contributed by atoms with Crippen LogP contribution in [0.25, 0.3) is 0 Å². The molecule has 4 rings (SSSR count). The van der Waals surface area contributed by atoms with Crippen molar-refractivity contribution in [2.75, 3.05) is 30.4 Å². The molecular formula is C23H27N3O5. The van der Waals surface area contributed by atoms with Gasteiger partial charge in [-0.15, -0.1) is 0 Å².